The molecule has 2 unspecified atom stereocenters. The van der Waals surface area contributed by atoms with Gasteiger partial charge in [-0.2, -0.15) is 0 Å². The summed E-state index contributed by atoms with van der Waals surface area (Å²) in [5.74, 6) is 1.71. The van der Waals surface area contributed by atoms with Crippen molar-refractivity contribution in [3.05, 3.63) is 0 Å². The number of hydrogen-bond donors (Lipinski definition) is 0. The zero-order chi connectivity index (χ0) is 39.0. The first-order chi connectivity index (χ1) is 26.0. The molecule has 0 N–H and O–H groups in total. The molecule has 0 radical (unpaired) electrons. The third-order valence-corrected chi connectivity index (χ3v) is 11.7. The van der Waals surface area contributed by atoms with E-state index in [0.717, 1.165) is 63.7 Å². The predicted molar refractivity (Wildman–Crippen MR) is 233 cm³/mol. The van der Waals surface area contributed by atoms with E-state index in [-0.39, 0.29) is 25.0 Å². The molecule has 53 heavy (non-hydrogen) atoms. The van der Waals surface area contributed by atoms with E-state index in [1.165, 1.54) is 180 Å². The Kier molecular flexibility index (Phi) is 39.7. The third-order valence-electron chi connectivity index (χ3n) is 11.7. The van der Waals surface area contributed by atoms with Crippen LogP contribution >= 0.6 is 0 Å². The Morgan fingerprint density at radius 1 is 0.340 bits per heavy atom. The number of nitrogens with zero attached hydrogens (tertiary/aromatic N) is 2. The molecule has 0 saturated carbocycles. The monoisotopic (exact) mass is 749 g/mol. The Bertz CT molecular complexity index is 712. The molecule has 0 aliphatic carbocycles. The van der Waals surface area contributed by atoms with Crippen LogP contribution in [-0.4, -0.2) is 61.0 Å². The van der Waals surface area contributed by atoms with E-state index in [2.05, 4.69) is 51.3 Å². The number of carbonyl (C=O) groups excluding carboxylic acids is 2. The van der Waals surface area contributed by atoms with Gasteiger partial charge in [-0.1, -0.05) is 208 Å². The summed E-state index contributed by atoms with van der Waals surface area (Å²) >= 11 is 0. The fourth-order valence-corrected chi connectivity index (χ4v) is 8.01. The molecular weight excluding hydrogens is 653 g/mol. The Balaban J connectivity index is 5.23. The van der Waals surface area contributed by atoms with Gasteiger partial charge in [-0.05, 0) is 50.4 Å². The molecule has 0 aromatic rings. The van der Waals surface area contributed by atoms with Gasteiger partial charge >= 0.3 is 0 Å². The van der Waals surface area contributed by atoms with E-state index < -0.39 is 0 Å². The molecule has 5 heteroatoms. The quantitative estimate of drug-likeness (QED) is 0.0584. The highest BCUT2D eigenvalue weighted by Crippen LogP contribution is 2.24. The highest BCUT2D eigenvalue weighted by molar-refractivity contribution is 5.79. The minimum absolute atomic E-state index is 0.0273. The second-order valence-electron chi connectivity index (χ2n) is 16.8. The molecule has 0 aromatic heterocycles. The summed E-state index contributed by atoms with van der Waals surface area (Å²) in [4.78, 5) is 31.3. The molecule has 2 atom stereocenters. The first kappa shape index (κ1) is 51.9. The molecule has 0 bridgehead atoms. The van der Waals surface area contributed by atoms with Gasteiger partial charge in [-0.3, -0.25) is 9.59 Å². The normalized spacial score (nSPS) is 12.6. The lowest BCUT2D eigenvalue weighted by molar-refractivity contribution is -0.142. The van der Waals surface area contributed by atoms with Crippen LogP contribution in [0.3, 0.4) is 0 Å². The zero-order valence-corrected chi connectivity index (χ0v) is 37.1. The van der Waals surface area contributed by atoms with Crippen LogP contribution in [0.15, 0.2) is 0 Å². The van der Waals surface area contributed by atoms with Crippen LogP contribution in [0.4, 0.5) is 0 Å². The lowest BCUT2D eigenvalue weighted by atomic mass is 9.91. The summed E-state index contributed by atoms with van der Waals surface area (Å²) in [6, 6.07) is 0. The van der Waals surface area contributed by atoms with E-state index in [1.807, 2.05) is 0 Å². The van der Waals surface area contributed by atoms with Crippen molar-refractivity contribution in [1.82, 2.24) is 9.80 Å². The van der Waals surface area contributed by atoms with E-state index >= 15 is 0 Å². The second-order valence-corrected chi connectivity index (χ2v) is 16.8. The zero-order valence-electron chi connectivity index (χ0n) is 37.1. The SMILES string of the molecule is CCCCCCCCN(CCCC(CCCC)CCCCCC)C(=O)COCC(=O)N(CCCCCCCC)CCCC(CCCC)CCCCCC. The van der Waals surface area contributed by atoms with Crippen LogP contribution in [0.25, 0.3) is 0 Å². The second kappa shape index (κ2) is 40.6. The Morgan fingerprint density at radius 3 is 0.962 bits per heavy atom. The van der Waals surface area contributed by atoms with E-state index in [0.29, 0.717) is 0 Å². The predicted octanol–water partition coefficient (Wildman–Crippen LogP) is 14.5. The summed E-state index contributed by atoms with van der Waals surface area (Å²) in [6.07, 6.45) is 40.5. The Morgan fingerprint density at radius 2 is 0.604 bits per heavy atom. The summed E-state index contributed by atoms with van der Waals surface area (Å²) < 4.78 is 5.97. The molecule has 0 heterocycles. The van der Waals surface area contributed by atoms with Gasteiger partial charge in [0, 0.05) is 26.2 Å². The maximum atomic E-state index is 13.6. The first-order valence-electron chi connectivity index (χ1n) is 24.1. The van der Waals surface area contributed by atoms with Crippen molar-refractivity contribution in [2.45, 2.75) is 247 Å². The van der Waals surface area contributed by atoms with E-state index in [9.17, 15) is 9.59 Å². The lowest BCUT2D eigenvalue weighted by Gasteiger charge is -2.26. The van der Waals surface area contributed by atoms with Crippen molar-refractivity contribution in [2.24, 2.45) is 11.8 Å². The Labute approximate surface area is 333 Å². The first-order valence-corrected chi connectivity index (χ1v) is 24.1. The molecule has 0 saturated heterocycles. The summed E-state index contributed by atoms with van der Waals surface area (Å²) in [7, 11) is 0. The molecule has 2 amide bonds. The smallest absolute Gasteiger partial charge is 0.248 e. The van der Waals surface area contributed by atoms with Crippen molar-refractivity contribution < 1.29 is 14.3 Å². The fraction of sp³-hybridized carbons (Fsp3) is 0.958. The average molecular weight is 749 g/mol. The highest BCUT2D eigenvalue weighted by atomic mass is 16.5. The van der Waals surface area contributed by atoms with Crippen molar-refractivity contribution in [2.75, 3.05) is 39.4 Å². The standard InChI is InChI=1S/C48H96N2O3/c1-7-13-19-23-25-29-39-49(41-31-37-45(33-17-11-5)35-27-21-15-9-3)47(51)43-53-44-48(52)50(40-30-26-24-20-14-8-2)42-32-38-46(34-18-12-6)36-28-22-16-10-4/h45-46H,7-44H2,1-6H3. The van der Waals surface area contributed by atoms with Gasteiger partial charge in [-0.25, -0.2) is 0 Å². The Hall–Kier alpha value is -1.10. The van der Waals surface area contributed by atoms with E-state index in [1.54, 1.807) is 0 Å². The van der Waals surface area contributed by atoms with Gasteiger partial charge in [0.2, 0.25) is 11.8 Å². The molecule has 0 aliphatic heterocycles. The third kappa shape index (κ3) is 32.8. The largest absolute Gasteiger partial charge is 0.362 e. The van der Waals surface area contributed by atoms with Crippen LogP contribution in [-0.2, 0) is 14.3 Å². The molecule has 0 fully saturated rings. The fourth-order valence-electron chi connectivity index (χ4n) is 8.01. The average Bonchev–Trinajstić information content (AvgIpc) is 3.16. The van der Waals surface area contributed by atoms with Crippen LogP contribution < -0.4 is 0 Å². The van der Waals surface area contributed by atoms with E-state index in [4.69, 9.17) is 4.74 Å². The minimum atomic E-state index is 0.0273. The van der Waals surface area contributed by atoms with Crippen LogP contribution in [0, 0.1) is 11.8 Å². The number of rotatable bonds is 42. The number of unbranched alkanes of at least 4 members (excludes halogenated alkanes) is 18. The summed E-state index contributed by atoms with van der Waals surface area (Å²) in [6.45, 7) is 17.0. The minimum Gasteiger partial charge on any atom is -0.362 e. The summed E-state index contributed by atoms with van der Waals surface area (Å²) in [5, 5.41) is 0. The van der Waals surface area contributed by atoms with Gasteiger partial charge in [0.1, 0.15) is 13.2 Å². The topological polar surface area (TPSA) is 49.9 Å². The number of hydrogen-bond acceptors (Lipinski definition) is 3. The van der Waals surface area contributed by atoms with Crippen molar-refractivity contribution in [1.29, 1.82) is 0 Å². The molecular formula is C48H96N2O3. The van der Waals surface area contributed by atoms with Crippen molar-refractivity contribution >= 4 is 11.8 Å². The van der Waals surface area contributed by atoms with Crippen LogP contribution in [0.2, 0.25) is 0 Å². The molecule has 0 rings (SSSR count). The van der Waals surface area contributed by atoms with Crippen molar-refractivity contribution in [3.8, 4) is 0 Å². The van der Waals surface area contributed by atoms with Gasteiger partial charge in [0.05, 0.1) is 0 Å². The van der Waals surface area contributed by atoms with Gasteiger partial charge < -0.3 is 14.5 Å². The maximum absolute atomic E-state index is 13.6. The number of ether oxygens (including phenoxy) is 1. The van der Waals surface area contributed by atoms with Gasteiger partial charge in [-0.15, -0.1) is 0 Å². The molecule has 0 aliphatic rings. The number of amides is 2. The maximum Gasteiger partial charge on any atom is 0.248 e. The molecule has 5 nitrogen and oxygen atoms in total. The van der Waals surface area contributed by atoms with Crippen LogP contribution in [0.1, 0.15) is 247 Å². The lowest BCUT2D eigenvalue weighted by Crippen LogP contribution is -2.39. The molecule has 316 valence electrons. The van der Waals surface area contributed by atoms with Crippen molar-refractivity contribution in [3.63, 3.8) is 0 Å². The van der Waals surface area contributed by atoms with Gasteiger partial charge in [0.15, 0.2) is 0 Å². The number of carbonyl (C=O) groups is 2. The van der Waals surface area contributed by atoms with Gasteiger partial charge in [0.25, 0.3) is 0 Å². The van der Waals surface area contributed by atoms with Crippen LogP contribution in [0.5, 0.6) is 0 Å². The summed E-state index contributed by atoms with van der Waals surface area (Å²) in [5.41, 5.74) is 0. The molecule has 0 spiro atoms. The highest BCUT2D eigenvalue weighted by Gasteiger charge is 2.19. The molecule has 0 aromatic carbocycles.